The summed E-state index contributed by atoms with van der Waals surface area (Å²) in [6, 6.07) is 1.66. The summed E-state index contributed by atoms with van der Waals surface area (Å²) < 4.78 is 6.34. The molecule has 0 aliphatic heterocycles. The van der Waals surface area contributed by atoms with E-state index in [1.807, 2.05) is 6.92 Å². The Balaban J connectivity index is 2.41. The van der Waals surface area contributed by atoms with Crippen molar-refractivity contribution >= 4 is 12.3 Å². The van der Waals surface area contributed by atoms with Crippen LogP contribution >= 0.6 is 0 Å². The molecule has 80 valence electrons. The number of aryl methyl sites for hydroxylation is 1. The van der Waals surface area contributed by atoms with E-state index < -0.39 is 5.54 Å². The second-order valence-electron chi connectivity index (χ2n) is 3.76. The van der Waals surface area contributed by atoms with Crippen LogP contribution in [0.5, 0.6) is 0 Å². The van der Waals surface area contributed by atoms with Gasteiger partial charge in [-0.3, -0.25) is 9.48 Å². The number of esters is 1. The zero-order valence-corrected chi connectivity index (χ0v) is 8.69. The van der Waals surface area contributed by atoms with E-state index in [1.54, 1.807) is 10.7 Å². The molecule has 0 saturated heterocycles. The van der Waals surface area contributed by atoms with E-state index >= 15 is 0 Å². The van der Waals surface area contributed by atoms with Gasteiger partial charge < -0.3 is 4.74 Å². The molecule has 0 atom stereocenters. The molecule has 0 aromatic carbocycles. The number of ether oxygens (including phenoxy) is 1. The fraction of sp³-hybridized carbons (Fsp3) is 0.500. The van der Waals surface area contributed by atoms with Crippen LogP contribution in [-0.2, 0) is 15.1 Å². The Morgan fingerprint density at radius 3 is 2.73 bits per heavy atom. The number of rotatable bonds is 3. The monoisotopic (exact) mass is 208 g/mol. The minimum Gasteiger partial charge on any atom is -0.467 e. The van der Waals surface area contributed by atoms with E-state index in [0.29, 0.717) is 12.0 Å². The van der Waals surface area contributed by atoms with Gasteiger partial charge in [0.1, 0.15) is 5.69 Å². The van der Waals surface area contributed by atoms with Gasteiger partial charge in [-0.25, -0.2) is 4.79 Å². The summed E-state index contributed by atoms with van der Waals surface area (Å²) in [7, 11) is 1.36. The topological polar surface area (TPSA) is 61.2 Å². The number of hydrogen-bond acceptors (Lipinski definition) is 4. The first-order valence-corrected chi connectivity index (χ1v) is 4.75. The van der Waals surface area contributed by atoms with Gasteiger partial charge in [0.25, 0.3) is 0 Å². The van der Waals surface area contributed by atoms with Gasteiger partial charge in [-0.15, -0.1) is 0 Å². The summed E-state index contributed by atoms with van der Waals surface area (Å²) in [5, 5.41) is 4.08. The quantitative estimate of drug-likeness (QED) is 0.541. The second-order valence-corrected chi connectivity index (χ2v) is 3.76. The van der Waals surface area contributed by atoms with E-state index in [4.69, 9.17) is 4.74 Å². The lowest BCUT2D eigenvalue weighted by Gasteiger charge is -2.14. The van der Waals surface area contributed by atoms with Gasteiger partial charge in [0.2, 0.25) is 0 Å². The molecule has 5 heteroatoms. The van der Waals surface area contributed by atoms with E-state index in [1.165, 1.54) is 7.11 Å². The predicted octanol–water partition coefficient (Wildman–Crippen LogP) is 0.666. The molecule has 0 unspecified atom stereocenters. The molecule has 1 aliphatic carbocycles. The van der Waals surface area contributed by atoms with Crippen molar-refractivity contribution in [1.82, 2.24) is 9.78 Å². The van der Waals surface area contributed by atoms with Crippen LogP contribution in [0.15, 0.2) is 6.07 Å². The Labute approximate surface area is 87.0 Å². The highest BCUT2D eigenvalue weighted by Crippen LogP contribution is 2.44. The molecule has 0 bridgehead atoms. The molecule has 2 rings (SSSR count). The van der Waals surface area contributed by atoms with E-state index in [2.05, 4.69) is 5.10 Å². The molecule has 1 aliphatic rings. The molecule has 5 nitrogen and oxygen atoms in total. The Morgan fingerprint density at radius 2 is 2.33 bits per heavy atom. The van der Waals surface area contributed by atoms with Crippen LogP contribution < -0.4 is 0 Å². The molecule has 0 N–H and O–H groups in total. The van der Waals surface area contributed by atoms with Gasteiger partial charge in [0.15, 0.2) is 11.8 Å². The summed E-state index contributed by atoms with van der Waals surface area (Å²) in [5.41, 5.74) is 0.503. The van der Waals surface area contributed by atoms with Gasteiger partial charge in [-0.05, 0) is 25.8 Å². The van der Waals surface area contributed by atoms with Crippen LogP contribution in [0.2, 0.25) is 0 Å². The maximum Gasteiger partial charge on any atom is 0.333 e. The molecular formula is C10H12N2O3. The maximum atomic E-state index is 11.6. The third-order valence-corrected chi connectivity index (χ3v) is 2.72. The van der Waals surface area contributed by atoms with E-state index in [0.717, 1.165) is 18.5 Å². The summed E-state index contributed by atoms with van der Waals surface area (Å²) in [6.07, 6.45) is 2.12. The highest BCUT2D eigenvalue weighted by molar-refractivity contribution is 5.82. The Hall–Kier alpha value is -1.65. The standard InChI is InChI=1S/C10H12N2O3/c1-7-5-8(6-13)11-12(7)10(3-4-10)9(14)15-2/h5-6H,3-4H2,1-2H3. The first-order chi connectivity index (χ1) is 7.14. The van der Waals surface area contributed by atoms with Crippen molar-refractivity contribution in [2.75, 3.05) is 7.11 Å². The SMILES string of the molecule is COC(=O)C1(n2nc(C=O)cc2C)CC1. The Morgan fingerprint density at radius 1 is 1.67 bits per heavy atom. The van der Waals surface area contributed by atoms with Crippen molar-refractivity contribution in [2.24, 2.45) is 0 Å². The third-order valence-electron chi connectivity index (χ3n) is 2.72. The van der Waals surface area contributed by atoms with E-state index in [9.17, 15) is 9.59 Å². The number of aldehydes is 1. The van der Waals surface area contributed by atoms with Crippen LogP contribution in [0, 0.1) is 6.92 Å². The lowest BCUT2D eigenvalue weighted by molar-refractivity contribution is -0.146. The molecule has 0 spiro atoms. The zero-order valence-electron chi connectivity index (χ0n) is 8.69. The molecular weight excluding hydrogens is 196 g/mol. The predicted molar refractivity (Wildman–Crippen MR) is 51.6 cm³/mol. The molecule has 1 aromatic rings. The summed E-state index contributed by atoms with van der Waals surface area (Å²) in [4.78, 5) is 22.1. The molecule has 1 saturated carbocycles. The smallest absolute Gasteiger partial charge is 0.333 e. The summed E-state index contributed by atoms with van der Waals surface area (Å²) in [6.45, 7) is 1.82. The number of hydrogen-bond donors (Lipinski definition) is 0. The van der Waals surface area contributed by atoms with Crippen LogP contribution in [0.25, 0.3) is 0 Å². The first kappa shape index (κ1) is 9.89. The molecule has 0 amide bonds. The fourth-order valence-corrected chi connectivity index (χ4v) is 1.80. The highest BCUT2D eigenvalue weighted by Gasteiger charge is 2.54. The average molecular weight is 208 g/mol. The van der Waals surface area contributed by atoms with E-state index in [-0.39, 0.29) is 5.97 Å². The minimum atomic E-state index is -0.653. The average Bonchev–Trinajstić information content (AvgIpc) is 2.96. The van der Waals surface area contributed by atoms with Crippen molar-refractivity contribution in [1.29, 1.82) is 0 Å². The van der Waals surface area contributed by atoms with Gasteiger partial charge in [-0.2, -0.15) is 5.10 Å². The largest absolute Gasteiger partial charge is 0.467 e. The van der Waals surface area contributed by atoms with Crippen molar-refractivity contribution in [3.63, 3.8) is 0 Å². The van der Waals surface area contributed by atoms with Crippen LogP contribution in [-0.4, -0.2) is 29.1 Å². The number of methoxy groups -OCH3 is 1. The molecule has 1 aromatic heterocycles. The van der Waals surface area contributed by atoms with Gasteiger partial charge in [0.05, 0.1) is 7.11 Å². The first-order valence-electron chi connectivity index (χ1n) is 4.75. The molecule has 0 radical (unpaired) electrons. The van der Waals surface area contributed by atoms with Crippen molar-refractivity contribution in [2.45, 2.75) is 25.3 Å². The van der Waals surface area contributed by atoms with Gasteiger partial charge >= 0.3 is 5.97 Å². The van der Waals surface area contributed by atoms with Gasteiger partial charge in [-0.1, -0.05) is 0 Å². The maximum absolute atomic E-state index is 11.6. The number of carbonyl (C=O) groups excluding carboxylic acids is 2. The molecule has 1 fully saturated rings. The van der Waals surface area contributed by atoms with Crippen LogP contribution in [0.1, 0.15) is 29.0 Å². The number of carbonyl (C=O) groups is 2. The fourth-order valence-electron chi connectivity index (χ4n) is 1.80. The van der Waals surface area contributed by atoms with Crippen LogP contribution in [0.3, 0.4) is 0 Å². The normalized spacial score (nSPS) is 17.2. The lowest BCUT2D eigenvalue weighted by Crippen LogP contribution is -2.30. The summed E-state index contributed by atoms with van der Waals surface area (Å²) >= 11 is 0. The van der Waals surface area contributed by atoms with Crippen molar-refractivity contribution in [3.05, 3.63) is 17.5 Å². The van der Waals surface area contributed by atoms with Crippen molar-refractivity contribution in [3.8, 4) is 0 Å². The second kappa shape index (κ2) is 3.18. The zero-order chi connectivity index (χ0) is 11.1. The lowest BCUT2D eigenvalue weighted by atomic mass is 10.2. The highest BCUT2D eigenvalue weighted by atomic mass is 16.5. The number of nitrogens with zero attached hydrogens (tertiary/aromatic N) is 2. The molecule has 15 heavy (non-hydrogen) atoms. The molecule has 1 heterocycles. The minimum absolute atomic E-state index is 0.286. The Bertz CT molecular complexity index is 418. The third kappa shape index (κ3) is 1.35. The van der Waals surface area contributed by atoms with Gasteiger partial charge in [0, 0.05) is 5.69 Å². The Kier molecular flexibility index (Phi) is 2.10. The van der Waals surface area contributed by atoms with Crippen molar-refractivity contribution < 1.29 is 14.3 Å². The van der Waals surface area contributed by atoms with Crippen LogP contribution in [0.4, 0.5) is 0 Å². The number of aromatic nitrogens is 2. The summed E-state index contributed by atoms with van der Waals surface area (Å²) in [5.74, 6) is -0.286.